The van der Waals surface area contributed by atoms with Crippen LogP contribution in [0.2, 0.25) is 0 Å². The molecule has 0 aliphatic heterocycles. The number of carbonyl (C=O) groups is 1. The molecule has 0 saturated carbocycles. The predicted octanol–water partition coefficient (Wildman–Crippen LogP) is 2.24. The van der Waals surface area contributed by atoms with Crippen molar-refractivity contribution in [1.82, 2.24) is 9.88 Å². The van der Waals surface area contributed by atoms with Crippen LogP contribution in [0, 0.1) is 0 Å². The second-order valence-corrected chi connectivity index (χ2v) is 4.46. The molecular formula is C13H19ClN2O2. The molecule has 0 atom stereocenters. The van der Waals surface area contributed by atoms with Crippen LogP contribution in [0.4, 0.5) is 0 Å². The summed E-state index contributed by atoms with van der Waals surface area (Å²) in [4.78, 5) is 27.9. The van der Waals surface area contributed by atoms with E-state index in [-0.39, 0.29) is 17.5 Å². The standard InChI is InChI=1S/C13H19ClN2O2/c1-3-10(4-2)16(9-8-14)13(18)11-6-5-7-12(17)15-11/h5-7,10H,3-4,8-9H2,1-2H3,(H,15,17). The summed E-state index contributed by atoms with van der Waals surface area (Å²) < 4.78 is 0. The Morgan fingerprint density at radius 1 is 1.39 bits per heavy atom. The first kappa shape index (κ1) is 14.8. The smallest absolute Gasteiger partial charge is 0.270 e. The highest BCUT2D eigenvalue weighted by Crippen LogP contribution is 2.12. The average molecular weight is 271 g/mol. The minimum Gasteiger partial charge on any atom is -0.333 e. The third-order valence-corrected chi connectivity index (χ3v) is 3.14. The van der Waals surface area contributed by atoms with Crippen LogP contribution in [-0.4, -0.2) is 34.3 Å². The SMILES string of the molecule is CCC(CC)N(CCCl)C(=O)c1cccc(=O)[nH]1. The molecule has 18 heavy (non-hydrogen) atoms. The van der Waals surface area contributed by atoms with Gasteiger partial charge in [0.2, 0.25) is 5.56 Å². The number of hydrogen-bond donors (Lipinski definition) is 1. The minimum absolute atomic E-state index is 0.153. The monoisotopic (exact) mass is 270 g/mol. The van der Waals surface area contributed by atoms with E-state index in [9.17, 15) is 9.59 Å². The van der Waals surface area contributed by atoms with Crippen LogP contribution in [-0.2, 0) is 0 Å². The van der Waals surface area contributed by atoms with Crippen molar-refractivity contribution < 1.29 is 4.79 Å². The van der Waals surface area contributed by atoms with E-state index < -0.39 is 0 Å². The third kappa shape index (κ3) is 3.60. The molecule has 0 aliphatic rings. The van der Waals surface area contributed by atoms with Gasteiger partial charge in [-0.05, 0) is 18.9 Å². The lowest BCUT2D eigenvalue weighted by Crippen LogP contribution is -2.41. The number of nitrogens with one attached hydrogen (secondary N) is 1. The maximum atomic E-state index is 12.3. The fraction of sp³-hybridized carbons (Fsp3) is 0.538. The topological polar surface area (TPSA) is 53.2 Å². The largest absolute Gasteiger partial charge is 0.333 e. The van der Waals surface area contributed by atoms with Gasteiger partial charge in [-0.2, -0.15) is 0 Å². The molecule has 100 valence electrons. The van der Waals surface area contributed by atoms with Gasteiger partial charge in [0, 0.05) is 24.5 Å². The maximum Gasteiger partial charge on any atom is 0.270 e. The molecular weight excluding hydrogens is 252 g/mol. The maximum absolute atomic E-state index is 12.3. The Morgan fingerprint density at radius 3 is 2.56 bits per heavy atom. The number of alkyl halides is 1. The molecule has 0 spiro atoms. The molecule has 4 nitrogen and oxygen atoms in total. The molecule has 0 fully saturated rings. The van der Waals surface area contributed by atoms with Crippen LogP contribution in [0.5, 0.6) is 0 Å². The highest BCUT2D eigenvalue weighted by atomic mass is 35.5. The van der Waals surface area contributed by atoms with Crippen molar-refractivity contribution in [1.29, 1.82) is 0 Å². The number of aromatic nitrogens is 1. The van der Waals surface area contributed by atoms with Gasteiger partial charge in [-0.3, -0.25) is 9.59 Å². The lowest BCUT2D eigenvalue weighted by Gasteiger charge is -2.29. The Hall–Kier alpha value is -1.29. The van der Waals surface area contributed by atoms with Crippen molar-refractivity contribution in [2.45, 2.75) is 32.7 Å². The van der Waals surface area contributed by atoms with Gasteiger partial charge < -0.3 is 9.88 Å². The Balaban J connectivity index is 2.98. The predicted molar refractivity (Wildman–Crippen MR) is 73.2 cm³/mol. The Kier molecular flexibility index (Phi) is 5.92. The van der Waals surface area contributed by atoms with E-state index in [0.29, 0.717) is 18.1 Å². The third-order valence-electron chi connectivity index (χ3n) is 2.97. The van der Waals surface area contributed by atoms with Crippen molar-refractivity contribution in [3.8, 4) is 0 Å². The summed E-state index contributed by atoms with van der Waals surface area (Å²) in [5, 5.41) is 0. The van der Waals surface area contributed by atoms with Crippen molar-refractivity contribution in [2.75, 3.05) is 12.4 Å². The van der Waals surface area contributed by atoms with Gasteiger partial charge in [-0.25, -0.2) is 0 Å². The number of rotatable bonds is 6. The second kappa shape index (κ2) is 7.21. The fourth-order valence-electron chi connectivity index (χ4n) is 2.00. The molecule has 0 saturated heterocycles. The zero-order chi connectivity index (χ0) is 13.5. The van der Waals surface area contributed by atoms with Gasteiger partial charge in [0.05, 0.1) is 0 Å². The summed E-state index contributed by atoms with van der Waals surface area (Å²) >= 11 is 5.75. The zero-order valence-corrected chi connectivity index (χ0v) is 11.5. The quantitative estimate of drug-likeness (QED) is 0.806. The molecule has 0 aliphatic carbocycles. The van der Waals surface area contributed by atoms with E-state index in [1.165, 1.54) is 6.07 Å². The van der Waals surface area contributed by atoms with E-state index in [0.717, 1.165) is 12.8 Å². The van der Waals surface area contributed by atoms with Crippen molar-refractivity contribution in [3.05, 3.63) is 34.2 Å². The van der Waals surface area contributed by atoms with E-state index in [1.54, 1.807) is 17.0 Å². The summed E-state index contributed by atoms with van der Waals surface area (Å²) in [6.07, 6.45) is 1.74. The van der Waals surface area contributed by atoms with Crippen LogP contribution in [0.3, 0.4) is 0 Å². The van der Waals surface area contributed by atoms with E-state index >= 15 is 0 Å². The van der Waals surface area contributed by atoms with Crippen molar-refractivity contribution >= 4 is 17.5 Å². The lowest BCUT2D eigenvalue weighted by molar-refractivity contribution is 0.0675. The van der Waals surface area contributed by atoms with Crippen LogP contribution in [0.15, 0.2) is 23.0 Å². The summed E-state index contributed by atoms with van der Waals surface area (Å²) in [6, 6.07) is 4.74. The summed E-state index contributed by atoms with van der Waals surface area (Å²) in [5.41, 5.74) is 0.0516. The Labute approximate surface area is 112 Å². The van der Waals surface area contributed by atoms with Gasteiger partial charge in [-0.15, -0.1) is 11.6 Å². The van der Waals surface area contributed by atoms with Gasteiger partial charge in [-0.1, -0.05) is 19.9 Å². The first-order valence-corrected chi connectivity index (χ1v) is 6.73. The highest BCUT2D eigenvalue weighted by Gasteiger charge is 2.22. The zero-order valence-electron chi connectivity index (χ0n) is 10.8. The molecule has 0 radical (unpaired) electrons. The number of nitrogens with zero attached hydrogens (tertiary/aromatic N) is 1. The number of pyridine rings is 1. The minimum atomic E-state index is -0.267. The Bertz CT molecular complexity index is 441. The highest BCUT2D eigenvalue weighted by molar-refractivity contribution is 6.18. The first-order chi connectivity index (χ1) is 8.63. The molecule has 0 bridgehead atoms. The molecule has 1 aromatic rings. The van der Waals surface area contributed by atoms with Crippen LogP contribution < -0.4 is 5.56 Å². The number of carbonyl (C=O) groups excluding carboxylic acids is 1. The molecule has 1 amide bonds. The van der Waals surface area contributed by atoms with Crippen molar-refractivity contribution in [3.63, 3.8) is 0 Å². The first-order valence-electron chi connectivity index (χ1n) is 6.20. The summed E-state index contributed by atoms with van der Waals surface area (Å²) in [5.74, 6) is 0.223. The van der Waals surface area contributed by atoms with Crippen LogP contribution in [0.1, 0.15) is 37.2 Å². The van der Waals surface area contributed by atoms with E-state index in [1.807, 2.05) is 13.8 Å². The summed E-state index contributed by atoms with van der Waals surface area (Å²) in [7, 11) is 0. The number of amides is 1. The molecule has 1 aromatic heterocycles. The van der Waals surface area contributed by atoms with Crippen molar-refractivity contribution in [2.24, 2.45) is 0 Å². The molecule has 1 heterocycles. The van der Waals surface area contributed by atoms with Gasteiger partial charge in [0.25, 0.3) is 5.91 Å². The van der Waals surface area contributed by atoms with E-state index in [2.05, 4.69) is 4.98 Å². The van der Waals surface area contributed by atoms with E-state index in [4.69, 9.17) is 11.6 Å². The van der Waals surface area contributed by atoms with Crippen LogP contribution in [0.25, 0.3) is 0 Å². The molecule has 1 rings (SSSR count). The number of hydrogen-bond acceptors (Lipinski definition) is 2. The molecule has 5 heteroatoms. The summed E-state index contributed by atoms with van der Waals surface area (Å²) in [6.45, 7) is 4.57. The Morgan fingerprint density at radius 2 is 2.06 bits per heavy atom. The fourth-order valence-corrected chi connectivity index (χ4v) is 2.18. The molecule has 0 aromatic carbocycles. The van der Waals surface area contributed by atoms with Gasteiger partial charge in [0.1, 0.15) is 5.69 Å². The van der Waals surface area contributed by atoms with Gasteiger partial charge >= 0.3 is 0 Å². The number of halogens is 1. The van der Waals surface area contributed by atoms with Gasteiger partial charge in [0.15, 0.2) is 0 Å². The second-order valence-electron chi connectivity index (χ2n) is 4.09. The van der Waals surface area contributed by atoms with Crippen LogP contribution >= 0.6 is 11.6 Å². The molecule has 0 unspecified atom stereocenters. The average Bonchev–Trinajstić information content (AvgIpc) is 2.38. The lowest BCUT2D eigenvalue weighted by atomic mass is 10.1. The normalized spacial score (nSPS) is 10.7. The number of aromatic amines is 1. The number of H-pyrrole nitrogens is 1. The molecule has 1 N–H and O–H groups in total.